The molecule has 1 aliphatic rings. The molecule has 0 amide bonds. The molecule has 0 nitrogen and oxygen atoms in total. The number of hydrogen-bond acceptors (Lipinski definition) is 2. The van der Waals surface area contributed by atoms with Gasteiger partial charge in [-0.05, 0) is 27.5 Å². The van der Waals surface area contributed by atoms with Crippen LogP contribution in [0.15, 0.2) is 10.6 Å². The fourth-order valence-electron chi connectivity index (χ4n) is 1.43. The van der Waals surface area contributed by atoms with Crippen molar-refractivity contribution in [3.05, 3.63) is 10.6 Å². The molecule has 0 N–H and O–H groups in total. The van der Waals surface area contributed by atoms with Crippen LogP contribution in [0.1, 0.15) is 27.2 Å². The van der Waals surface area contributed by atoms with Crippen LogP contribution in [0.25, 0.3) is 0 Å². The lowest BCUT2D eigenvalue weighted by Crippen LogP contribution is -2.39. The Morgan fingerprint density at radius 3 is 2.47 bits per heavy atom. The molecule has 0 saturated carbocycles. The highest BCUT2D eigenvalue weighted by atomic mass is 32.2. The topological polar surface area (TPSA) is 0 Å². The lowest BCUT2D eigenvalue weighted by atomic mass is 10.2. The number of rotatable bonds is 1. The first-order valence-corrected chi connectivity index (χ1v) is 10.9. The second-order valence-corrected chi connectivity index (χ2v) is 13.7. The van der Waals surface area contributed by atoms with Crippen LogP contribution in [0, 0.1) is 0 Å². The van der Waals surface area contributed by atoms with Crippen molar-refractivity contribution < 1.29 is 0 Å². The molecular weight excluding hydrogens is 236 g/mol. The first-order valence-electron chi connectivity index (χ1n) is 5.77. The molecule has 15 heavy (non-hydrogen) atoms. The smallest absolute Gasteiger partial charge is 0.0936 e. The molecule has 0 aliphatic carbocycles. The van der Waals surface area contributed by atoms with Crippen molar-refractivity contribution in [3.8, 4) is 0 Å². The summed E-state index contributed by atoms with van der Waals surface area (Å²) in [6, 6.07) is 0. The van der Waals surface area contributed by atoms with Gasteiger partial charge in [0, 0.05) is 5.75 Å². The molecule has 88 valence electrons. The average molecular weight is 261 g/mol. The van der Waals surface area contributed by atoms with Crippen LogP contribution in [0.4, 0.5) is 0 Å². The summed E-state index contributed by atoms with van der Waals surface area (Å²) in [7, 11) is -1.25. The summed E-state index contributed by atoms with van der Waals surface area (Å²) in [5.41, 5.74) is 0. The van der Waals surface area contributed by atoms with Crippen LogP contribution in [0.3, 0.4) is 0 Å². The molecule has 0 saturated heterocycles. The van der Waals surface area contributed by atoms with Gasteiger partial charge in [-0.25, -0.2) is 0 Å². The van der Waals surface area contributed by atoms with Crippen LogP contribution in [0.2, 0.25) is 18.1 Å². The predicted octanol–water partition coefficient (Wildman–Crippen LogP) is 4.79. The van der Waals surface area contributed by atoms with E-state index in [0.29, 0.717) is 5.04 Å². The normalized spacial score (nSPS) is 23.9. The second kappa shape index (κ2) is 5.33. The summed E-state index contributed by atoms with van der Waals surface area (Å²) in [4.78, 5) is 0. The maximum Gasteiger partial charge on any atom is 0.0936 e. The molecular formula is C12H24S2Si. The Labute approximate surface area is 105 Å². The standard InChI is InChI=1S/C12H24S2Si/c1-12(2,3)15(4,5)11-7-10-13-8-6-9-14-11/h7H,6,8-10H2,1-5H3/b11-7+. The Kier molecular flexibility index (Phi) is 4.87. The van der Waals surface area contributed by atoms with E-state index in [0.717, 1.165) is 0 Å². The zero-order chi connectivity index (χ0) is 11.5. The van der Waals surface area contributed by atoms with Gasteiger partial charge >= 0.3 is 0 Å². The zero-order valence-corrected chi connectivity index (χ0v) is 13.4. The molecule has 0 fully saturated rings. The van der Waals surface area contributed by atoms with Gasteiger partial charge in [0.1, 0.15) is 0 Å². The number of hydrogen-bond donors (Lipinski definition) is 0. The van der Waals surface area contributed by atoms with Crippen molar-refractivity contribution in [3.63, 3.8) is 0 Å². The highest BCUT2D eigenvalue weighted by Crippen LogP contribution is 2.45. The van der Waals surface area contributed by atoms with E-state index in [1.807, 2.05) is 0 Å². The molecule has 0 atom stereocenters. The average Bonchev–Trinajstić information content (AvgIpc) is 1.99. The van der Waals surface area contributed by atoms with Crippen LogP contribution < -0.4 is 0 Å². The maximum absolute atomic E-state index is 2.53. The lowest BCUT2D eigenvalue weighted by Gasteiger charge is -2.39. The minimum Gasteiger partial charge on any atom is -0.158 e. The van der Waals surface area contributed by atoms with Gasteiger partial charge in [0.2, 0.25) is 0 Å². The van der Waals surface area contributed by atoms with Gasteiger partial charge in [-0.2, -0.15) is 11.8 Å². The predicted molar refractivity (Wildman–Crippen MR) is 79.7 cm³/mol. The molecule has 0 bridgehead atoms. The van der Waals surface area contributed by atoms with Crippen molar-refractivity contribution in [2.75, 3.05) is 17.3 Å². The third-order valence-electron chi connectivity index (χ3n) is 3.57. The van der Waals surface area contributed by atoms with Gasteiger partial charge in [0.15, 0.2) is 0 Å². The summed E-state index contributed by atoms with van der Waals surface area (Å²) in [6.07, 6.45) is 3.90. The third kappa shape index (κ3) is 3.57. The van der Waals surface area contributed by atoms with E-state index in [-0.39, 0.29) is 0 Å². The lowest BCUT2D eigenvalue weighted by molar-refractivity contribution is 0.727. The molecule has 0 unspecified atom stereocenters. The maximum atomic E-state index is 2.53. The van der Waals surface area contributed by atoms with Crippen LogP contribution >= 0.6 is 23.5 Å². The second-order valence-electron chi connectivity index (χ2n) is 5.72. The Morgan fingerprint density at radius 1 is 1.20 bits per heavy atom. The van der Waals surface area contributed by atoms with Crippen LogP contribution in [0.5, 0.6) is 0 Å². The fraction of sp³-hybridized carbons (Fsp3) is 0.833. The molecule has 3 heteroatoms. The van der Waals surface area contributed by atoms with Gasteiger partial charge in [-0.1, -0.05) is 39.9 Å². The van der Waals surface area contributed by atoms with E-state index in [2.05, 4.69) is 63.5 Å². The SMILES string of the molecule is CC(C)(C)[Si](C)(C)/C1=C/CSCCCS1. The van der Waals surface area contributed by atoms with Gasteiger partial charge in [0.05, 0.1) is 8.07 Å². The zero-order valence-electron chi connectivity index (χ0n) is 10.7. The molecule has 0 spiro atoms. The molecule has 1 aliphatic heterocycles. The van der Waals surface area contributed by atoms with Gasteiger partial charge < -0.3 is 0 Å². The molecule has 0 aromatic rings. The van der Waals surface area contributed by atoms with Crippen molar-refractivity contribution >= 4 is 31.6 Å². The summed E-state index contributed by atoms with van der Waals surface area (Å²) in [5.74, 6) is 3.90. The quantitative estimate of drug-likeness (QED) is 0.622. The monoisotopic (exact) mass is 260 g/mol. The summed E-state index contributed by atoms with van der Waals surface area (Å²) in [6.45, 7) is 12.3. The van der Waals surface area contributed by atoms with Gasteiger partial charge in [0.25, 0.3) is 0 Å². The Morgan fingerprint density at radius 2 is 1.87 bits per heavy atom. The Balaban J connectivity index is 2.83. The molecule has 0 aromatic carbocycles. The van der Waals surface area contributed by atoms with E-state index in [9.17, 15) is 0 Å². The molecule has 1 rings (SSSR count). The van der Waals surface area contributed by atoms with Crippen LogP contribution in [-0.4, -0.2) is 25.3 Å². The molecule has 1 heterocycles. The van der Waals surface area contributed by atoms with Gasteiger partial charge in [-0.3, -0.25) is 0 Å². The largest absolute Gasteiger partial charge is 0.158 e. The van der Waals surface area contributed by atoms with E-state index in [4.69, 9.17) is 0 Å². The Hall–Kier alpha value is 0.657. The van der Waals surface area contributed by atoms with Gasteiger partial charge in [-0.15, -0.1) is 11.8 Å². The number of thioether (sulfide) groups is 2. The third-order valence-corrected chi connectivity index (χ3v) is 12.7. The molecule has 0 aromatic heterocycles. The summed E-state index contributed by atoms with van der Waals surface area (Å²) >= 11 is 4.23. The minimum atomic E-state index is -1.25. The molecule has 0 radical (unpaired) electrons. The Bertz CT molecular complexity index is 238. The summed E-state index contributed by atoms with van der Waals surface area (Å²) in [5, 5.41) is 0.482. The van der Waals surface area contributed by atoms with Crippen molar-refractivity contribution in [1.82, 2.24) is 0 Å². The minimum absolute atomic E-state index is 0.482. The highest BCUT2D eigenvalue weighted by molar-refractivity contribution is 8.05. The van der Waals surface area contributed by atoms with E-state index < -0.39 is 8.07 Å². The van der Waals surface area contributed by atoms with Crippen molar-refractivity contribution in [2.45, 2.75) is 45.3 Å². The highest BCUT2D eigenvalue weighted by Gasteiger charge is 2.38. The van der Waals surface area contributed by atoms with E-state index >= 15 is 0 Å². The van der Waals surface area contributed by atoms with Crippen molar-refractivity contribution in [1.29, 1.82) is 0 Å². The first kappa shape index (κ1) is 13.7. The first-order chi connectivity index (χ1) is 6.86. The van der Waals surface area contributed by atoms with E-state index in [1.54, 1.807) is 4.53 Å². The van der Waals surface area contributed by atoms with Crippen LogP contribution in [-0.2, 0) is 0 Å². The fourth-order valence-corrected chi connectivity index (χ4v) is 7.39. The van der Waals surface area contributed by atoms with E-state index in [1.165, 1.54) is 23.7 Å². The summed E-state index contributed by atoms with van der Waals surface area (Å²) < 4.78 is 1.74. The van der Waals surface area contributed by atoms with Crippen molar-refractivity contribution in [2.24, 2.45) is 0 Å².